The van der Waals surface area contributed by atoms with Crippen molar-refractivity contribution in [1.82, 2.24) is 25.1 Å². The van der Waals surface area contributed by atoms with Crippen LogP contribution in [0, 0.1) is 0 Å². The number of methoxy groups -OCH3 is 1. The quantitative estimate of drug-likeness (QED) is 0.556. The van der Waals surface area contributed by atoms with Crippen LogP contribution in [0.2, 0.25) is 0 Å². The molecule has 2 fully saturated rings. The summed E-state index contributed by atoms with van der Waals surface area (Å²) in [5.41, 5.74) is 2.93. The van der Waals surface area contributed by atoms with Gasteiger partial charge in [-0.25, -0.2) is 4.98 Å². The molecule has 3 aromatic heterocycles. The number of aromatic nitrogens is 4. The first kappa shape index (κ1) is 24.0. The Bertz CT molecular complexity index is 1310. The zero-order valence-electron chi connectivity index (χ0n) is 20.2. The Balaban J connectivity index is 1.21. The highest BCUT2D eigenvalue weighted by molar-refractivity contribution is 5.83. The first-order valence-corrected chi connectivity index (χ1v) is 12.3. The average molecular weight is 517 g/mol. The van der Waals surface area contributed by atoms with Crippen molar-refractivity contribution < 1.29 is 27.4 Å². The van der Waals surface area contributed by atoms with Crippen LogP contribution in [-0.4, -0.2) is 82.1 Å². The Morgan fingerprint density at radius 1 is 1.24 bits per heavy atom. The molecule has 9 nitrogen and oxygen atoms in total. The largest absolute Gasteiger partial charge is 0.474 e. The van der Waals surface area contributed by atoms with Gasteiger partial charge in [0.1, 0.15) is 17.7 Å². The van der Waals surface area contributed by atoms with E-state index < -0.39 is 18.1 Å². The van der Waals surface area contributed by atoms with Gasteiger partial charge in [0.15, 0.2) is 0 Å². The predicted molar refractivity (Wildman–Crippen MR) is 127 cm³/mol. The number of fused-ring (bicyclic) bond motifs is 3. The molecular weight excluding hydrogens is 489 g/mol. The number of anilines is 1. The van der Waals surface area contributed by atoms with E-state index in [0.29, 0.717) is 31.7 Å². The molecule has 37 heavy (non-hydrogen) atoms. The van der Waals surface area contributed by atoms with Crippen LogP contribution in [0.15, 0.2) is 36.8 Å². The SMILES string of the molecule is COC1CN(CC(=O)N2CCC[C@H]2C(F)(F)F)c2cnccc2C12CC(Oc1ccc3[nH]ncc3n1)C2. The van der Waals surface area contributed by atoms with Gasteiger partial charge in [-0.3, -0.25) is 14.9 Å². The highest BCUT2D eigenvalue weighted by Crippen LogP contribution is 2.54. The van der Waals surface area contributed by atoms with E-state index in [9.17, 15) is 18.0 Å². The first-order chi connectivity index (χ1) is 17.8. The highest BCUT2D eigenvalue weighted by atomic mass is 19.4. The van der Waals surface area contributed by atoms with Gasteiger partial charge in [0.05, 0.1) is 36.2 Å². The standard InChI is InChI=1S/C25H27F3N6O3/c1-36-21-13-33(14-23(35)34-8-2-3-20(34)25(26,27)28)19-12-29-7-6-16(19)24(21)9-15(10-24)37-22-5-4-17-18(31-22)11-30-32-17/h4-7,11-12,15,20-21H,2-3,8-10,13-14H2,1H3,(H,30,32)/t15?,20-,21?,24?/m0/s1. The molecule has 0 radical (unpaired) electrons. The maximum atomic E-state index is 13.5. The lowest BCUT2D eigenvalue weighted by Crippen LogP contribution is -2.62. The van der Waals surface area contributed by atoms with Crippen molar-refractivity contribution in [2.24, 2.45) is 0 Å². The second-order valence-electron chi connectivity index (χ2n) is 10.0. The fourth-order valence-electron chi connectivity index (χ4n) is 6.18. The lowest BCUT2D eigenvalue weighted by atomic mass is 9.57. The maximum Gasteiger partial charge on any atom is 0.408 e. The molecule has 1 N–H and O–H groups in total. The van der Waals surface area contributed by atoms with Gasteiger partial charge >= 0.3 is 6.18 Å². The molecule has 3 aromatic rings. The lowest BCUT2D eigenvalue weighted by molar-refractivity contribution is -0.182. The highest BCUT2D eigenvalue weighted by Gasteiger charge is 2.57. The van der Waals surface area contributed by atoms with Gasteiger partial charge in [0.25, 0.3) is 0 Å². The number of nitrogens with zero attached hydrogens (tertiary/aromatic N) is 5. The van der Waals surface area contributed by atoms with E-state index in [1.165, 1.54) is 0 Å². The molecule has 1 aliphatic carbocycles. The van der Waals surface area contributed by atoms with Gasteiger partial charge in [-0.05, 0) is 43.4 Å². The number of pyridine rings is 2. The van der Waals surface area contributed by atoms with Gasteiger partial charge < -0.3 is 19.3 Å². The van der Waals surface area contributed by atoms with E-state index in [2.05, 4.69) is 20.2 Å². The summed E-state index contributed by atoms with van der Waals surface area (Å²) in [6, 6.07) is 3.87. The number of carbonyl (C=O) groups excluding carboxylic acids is 1. The smallest absolute Gasteiger partial charge is 0.408 e. The topological polar surface area (TPSA) is 96.5 Å². The summed E-state index contributed by atoms with van der Waals surface area (Å²) >= 11 is 0. The van der Waals surface area contributed by atoms with Crippen LogP contribution in [0.5, 0.6) is 5.88 Å². The number of alkyl halides is 3. The fourth-order valence-corrected chi connectivity index (χ4v) is 6.18. The van der Waals surface area contributed by atoms with Crippen molar-refractivity contribution >= 4 is 22.6 Å². The Morgan fingerprint density at radius 3 is 2.86 bits per heavy atom. The molecule has 1 saturated carbocycles. The molecule has 196 valence electrons. The number of amides is 1. The molecule has 1 spiro atoms. The number of H-pyrrole nitrogens is 1. The normalized spacial score (nSPS) is 27.4. The number of carbonyl (C=O) groups is 1. The summed E-state index contributed by atoms with van der Waals surface area (Å²) in [4.78, 5) is 24.6. The van der Waals surface area contributed by atoms with Crippen LogP contribution in [0.3, 0.4) is 0 Å². The van der Waals surface area contributed by atoms with Gasteiger partial charge in [-0.15, -0.1) is 0 Å². The van der Waals surface area contributed by atoms with Gasteiger partial charge in [0.2, 0.25) is 11.8 Å². The molecule has 1 unspecified atom stereocenters. The summed E-state index contributed by atoms with van der Waals surface area (Å²) in [5, 5.41) is 6.85. The Hall–Kier alpha value is -3.41. The maximum absolute atomic E-state index is 13.5. The van der Waals surface area contributed by atoms with Crippen LogP contribution < -0.4 is 9.64 Å². The van der Waals surface area contributed by atoms with Crippen molar-refractivity contribution in [3.8, 4) is 5.88 Å². The van der Waals surface area contributed by atoms with Crippen LogP contribution >= 0.6 is 0 Å². The minimum Gasteiger partial charge on any atom is -0.474 e. The predicted octanol–water partition coefficient (Wildman–Crippen LogP) is 3.22. The fraction of sp³-hybridized carbons (Fsp3) is 0.520. The second kappa shape index (κ2) is 8.86. The van der Waals surface area contributed by atoms with Crippen LogP contribution in [0.25, 0.3) is 11.0 Å². The summed E-state index contributed by atoms with van der Waals surface area (Å²) < 4.78 is 52.4. The van der Waals surface area contributed by atoms with Crippen molar-refractivity contribution in [2.45, 2.75) is 55.5 Å². The van der Waals surface area contributed by atoms with E-state index in [-0.39, 0.29) is 37.1 Å². The molecule has 0 aromatic carbocycles. The molecule has 5 heterocycles. The third kappa shape index (κ3) is 4.07. The number of hydrogen-bond donors (Lipinski definition) is 1. The molecule has 6 rings (SSSR count). The number of rotatable bonds is 5. The van der Waals surface area contributed by atoms with Crippen molar-refractivity contribution in [2.75, 3.05) is 31.6 Å². The zero-order chi connectivity index (χ0) is 25.8. The van der Waals surface area contributed by atoms with E-state index >= 15 is 0 Å². The van der Waals surface area contributed by atoms with E-state index in [1.807, 2.05) is 12.1 Å². The van der Waals surface area contributed by atoms with E-state index in [1.54, 1.807) is 36.7 Å². The minimum atomic E-state index is -4.43. The van der Waals surface area contributed by atoms with Crippen LogP contribution in [0.4, 0.5) is 18.9 Å². The number of aromatic amines is 1. The summed E-state index contributed by atoms with van der Waals surface area (Å²) in [5.74, 6) is -0.0125. The molecule has 3 aliphatic rings. The molecule has 0 bridgehead atoms. The summed E-state index contributed by atoms with van der Waals surface area (Å²) in [6.45, 7) is 0.333. The van der Waals surface area contributed by atoms with E-state index in [0.717, 1.165) is 27.2 Å². The Labute approximate surface area is 211 Å². The average Bonchev–Trinajstić information content (AvgIpc) is 3.53. The molecule has 2 aliphatic heterocycles. The zero-order valence-corrected chi connectivity index (χ0v) is 20.2. The van der Waals surface area contributed by atoms with Crippen molar-refractivity contribution in [3.05, 3.63) is 42.4 Å². The number of likely N-dealkylation sites (tertiary alicyclic amines) is 1. The monoisotopic (exact) mass is 516 g/mol. The van der Waals surface area contributed by atoms with E-state index in [4.69, 9.17) is 9.47 Å². The molecule has 2 atom stereocenters. The lowest BCUT2D eigenvalue weighted by Gasteiger charge is -2.56. The Morgan fingerprint density at radius 2 is 2.08 bits per heavy atom. The summed E-state index contributed by atoms with van der Waals surface area (Å²) in [7, 11) is 1.63. The van der Waals surface area contributed by atoms with Gasteiger partial charge in [0, 0.05) is 37.9 Å². The van der Waals surface area contributed by atoms with Crippen LogP contribution in [0.1, 0.15) is 31.2 Å². The molecule has 1 amide bonds. The number of halogens is 3. The molecule has 12 heteroatoms. The third-order valence-electron chi connectivity index (χ3n) is 7.98. The van der Waals surface area contributed by atoms with Gasteiger partial charge in [-0.2, -0.15) is 18.3 Å². The van der Waals surface area contributed by atoms with Crippen LogP contribution in [-0.2, 0) is 14.9 Å². The first-order valence-electron chi connectivity index (χ1n) is 12.3. The second-order valence-corrected chi connectivity index (χ2v) is 10.0. The minimum absolute atomic E-state index is 0.0546. The number of ether oxygens (including phenoxy) is 2. The van der Waals surface area contributed by atoms with Crippen molar-refractivity contribution in [3.63, 3.8) is 0 Å². The third-order valence-corrected chi connectivity index (χ3v) is 7.98. The van der Waals surface area contributed by atoms with Gasteiger partial charge in [-0.1, -0.05) is 0 Å². The number of nitrogens with one attached hydrogen (secondary N) is 1. The summed E-state index contributed by atoms with van der Waals surface area (Å²) in [6.07, 6.45) is 1.90. The Kier molecular flexibility index (Phi) is 5.74. The molecular formula is C25H27F3N6O3. The van der Waals surface area contributed by atoms with Crippen molar-refractivity contribution in [1.29, 1.82) is 0 Å². The number of hydrogen-bond acceptors (Lipinski definition) is 7. The molecule has 1 saturated heterocycles.